The highest BCUT2D eigenvalue weighted by Gasteiger charge is 2.49. The van der Waals surface area contributed by atoms with Gasteiger partial charge in [-0.15, -0.1) is 0 Å². The van der Waals surface area contributed by atoms with Crippen LogP contribution in [0.15, 0.2) is 41.1 Å². The maximum absolute atomic E-state index is 15.4. The number of esters is 1. The Labute approximate surface area is 248 Å². The van der Waals surface area contributed by atoms with Gasteiger partial charge in [-0.1, -0.05) is 60.5 Å². The summed E-state index contributed by atoms with van der Waals surface area (Å²) in [7, 11) is -4.24. The third kappa shape index (κ3) is 7.69. The summed E-state index contributed by atoms with van der Waals surface area (Å²) >= 11 is 0. The topological polar surface area (TPSA) is 131 Å². The van der Waals surface area contributed by atoms with Crippen LogP contribution in [-0.2, 0) is 18.3 Å². The molecule has 2 aromatic heterocycles. The largest absolute Gasteiger partial charge is 0.438 e. The predicted octanol–water partition coefficient (Wildman–Crippen LogP) is 8.59. The highest BCUT2D eigenvalue weighted by molar-refractivity contribution is 7.54. The molecule has 2 aliphatic carbocycles. The Hall–Kier alpha value is -2.55. The molecule has 2 fully saturated rings. The third-order valence-electron chi connectivity index (χ3n) is 8.94. The Morgan fingerprint density at radius 1 is 0.976 bits per heavy atom. The van der Waals surface area contributed by atoms with Crippen LogP contribution in [0.1, 0.15) is 102 Å². The van der Waals surface area contributed by atoms with Crippen molar-refractivity contribution >= 4 is 19.4 Å². The van der Waals surface area contributed by atoms with Gasteiger partial charge in [0.15, 0.2) is 0 Å². The van der Waals surface area contributed by atoms with Crippen molar-refractivity contribution in [3.8, 4) is 0 Å². The van der Waals surface area contributed by atoms with E-state index in [2.05, 4.69) is 46.5 Å². The predicted molar refractivity (Wildman–Crippen MR) is 158 cm³/mol. The maximum Gasteiger partial charge on any atom is 0.433 e. The third-order valence-corrected chi connectivity index (χ3v) is 11.0. The molecule has 10 nitrogen and oxygen atoms in total. The minimum atomic E-state index is -4.24. The zero-order valence-electron chi connectivity index (χ0n) is 25.5. The van der Waals surface area contributed by atoms with Gasteiger partial charge in [-0.25, -0.2) is 4.79 Å². The van der Waals surface area contributed by atoms with E-state index in [4.69, 9.17) is 18.2 Å². The standard InChI is InChI=1S/C31H45N2O8P/c1-19(2)24-11-9-21(5)16-27(24)40-42(37,41-28-17-22(6)10-12-25(28)20(3)4)31(23-8-7-15-32-18-23)39-30(34)26-13-14-29(38-26)33(35)36/h7-8,13-15,18-22,24-25,27-28,31H,9-12,16-17H2,1-6H3. The number of nitro groups is 1. The molecule has 7 atom stereocenters. The molecule has 232 valence electrons. The molecule has 4 rings (SSSR count). The van der Waals surface area contributed by atoms with Crippen molar-refractivity contribution in [1.29, 1.82) is 0 Å². The Bertz CT molecular complexity index is 1210. The molecule has 0 amide bonds. The van der Waals surface area contributed by atoms with Gasteiger partial charge in [0.05, 0.1) is 18.3 Å². The maximum atomic E-state index is 15.4. The van der Waals surface area contributed by atoms with E-state index in [-0.39, 0.29) is 41.6 Å². The van der Waals surface area contributed by atoms with Gasteiger partial charge in [-0.2, -0.15) is 0 Å². The second-order valence-electron chi connectivity index (χ2n) is 12.9. The number of ether oxygens (including phenoxy) is 1. The molecular weight excluding hydrogens is 559 g/mol. The number of furan rings is 1. The van der Waals surface area contributed by atoms with E-state index >= 15 is 4.57 Å². The summed E-state index contributed by atoms with van der Waals surface area (Å²) < 4.78 is 39.8. The van der Waals surface area contributed by atoms with Gasteiger partial charge in [-0.3, -0.25) is 19.7 Å². The summed E-state index contributed by atoms with van der Waals surface area (Å²) in [6.07, 6.45) is 7.74. The first kappa shape index (κ1) is 32.4. The SMILES string of the molecule is CC1CCC(C(C)C)C(OP(=O)(OC2CC(C)CCC2C(C)C)C(OC(=O)c2ccc([N+](=O)[O-])o2)c2cccnc2)C1. The molecule has 0 radical (unpaired) electrons. The summed E-state index contributed by atoms with van der Waals surface area (Å²) in [4.78, 5) is 28.0. The number of aromatic nitrogens is 1. The van der Waals surface area contributed by atoms with Crippen LogP contribution in [0.25, 0.3) is 0 Å². The highest BCUT2D eigenvalue weighted by Crippen LogP contribution is 2.66. The molecule has 0 N–H and O–H groups in total. The number of hydrogen-bond acceptors (Lipinski definition) is 9. The molecule has 11 heteroatoms. The van der Waals surface area contributed by atoms with Crippen molar-refractivity contribution in [3.05, 3.63) is 58.1 Å². The van der Waals surface area contributed by atoms with Crippen LogP contribution in [0.5, 0.6) is 0 Å². The molecule has 2 aliphatic rings. The first-order valence-electron chi connectivity index (χ1n) is 15.2. The molecule has 0 aliphatic heterocycles. The molecule has 0 aromatic carbocycles. The van der Waals surface area contributed by atoms with E-state index < -0.39 is 30.2 Å². The van der Waals surface area contributed by atoms with Crippen LogP contribution in [0, 0.1) is 45.6 Å². The molecule has 0 saturated heterocycles. The van der Waals surface area contributed by atoms with Crippen LogP contribution in [0.3, 0.4) is 0 Å². The van der Waals surface area contributed by atoms with Crippen molar-refractivity contribution in [1.82, 2.24) is 4.98 Å². The Morgan fingerprint density at radius 3 is 2.00 bits per heavy atom. The number of rotatable bonds is 11. The minimum Gasteiger partial charge on any atom is -0.438 e. The van der Waals surface area contributed by atoms with Crippen LogP contribution in [0.4, 0.5) is 5.88 Å². The van der Waals surface area contributed by atoms with E-state index in [9.17, 15) is 14.9 Å². The molecule has 7 unspecified atom stereocenters. The Kier molecular flexibility index (Phi) is 10.7. The fraction of sp³-hybridized carbons (Fsp3) is 0.677. The smallest absolute Gasteiger partial charge is 0.433 e. The summed E-state index contributed by atoms with van der Waals surface area (Å²) in [6.45, 7) is 12.9. The summed E-state index contributed by atoms with van der Waals surface area (Å²) in [6, 6.07) is 5.58. The monoisotopic (exact) mass is 604 g/mol. The Balaban J connectivity index is 1.77. The number of hydrogen-bond donors (Lipinski definition) is 0. The lowest BCUT2D eigenvalue weighted by atomic mass is 9.75. The molecule has 0 bridgehead atoms. The van der Waals surface area contributed by atoms with Crippen molar-refractivity contribution in [2.24, 2.45) is 35.5 Å². The fourth-order valence-electron chi connectivity index (χ4n) is 6.52. The molecular formula is C31H45N2O8P. The average molecular weight is 605 g/mol. The van der Waals surface area contributed by atoms with E-state index in [1.54, 1.807) is 18.3 Å². The van der Waals surface area contributed by atoms with Gasteiger partial charge in [0.25, 0.3) is 0 Å². The van der Waals surface area contributed by atoms with E-state index in [1.807, 2.05) is 0 Å². The highest BCUT2D eigenvalue weighted by atomic mass is 31.2. The van der Waals surface area contributed by atoms with Gasteiger partial charge < -0.3 is 18.2 Å². The Morgan fingerprint density at radius 2 is 1.55 bits per heavy atom. The van der Waals surface area contributed by atoms with Gasteiger partial charge >= 0.3 is 19.4 Å². The quantitative estimate of drug-likeness (QED) is 0.107. The molecule has 2 saturated carbocycles. The van der Waals surface area contributed by atoms with Crippen molar-refractivity contribution in [3.63, 3.8) is 0 Å². The number of carbonyl (C=O) groups is 1. The zero-order chi connectivity index (χ0) is 30.6. The lowest BCUT2D eigenvalue weighted by Gasteiger charge is -2.43. The second kappa shape index (κ2) is 13.8. The molecule has 0 spiro atoms. The number of carbonyl (C=O) groups excluding carboxylic acids is 1. The van der Waals surface area contributed by atoms with Crippen LogP contribution < -0.4 is 0 Å². The van der Waals surface area contributed by atoms with Gasteiger partial charge in [0.2, 0.25) is 11.6 Å². The average Bonchev–Trinajstić information content (AvgIpc) is 3.43. The van der Waals surface area contributed by atoms with Gasteiger partial charge in [0, 0.05) is 18.0 Å². The number of pyridine rings is 1. The first-order chi connectivity index (χ1) is 19.9. The zero-order valence-corrected chi connectivity index (χ0v) is 26.4. The van der Waals surface area contributed by atoms with Crippen molar-refractivity contribution in [2.45, 2.75) is 98.1 Å². The van der Waals surface area contributed by atoms with Crippen LogP contribution in [-0.4, -0.2) is 28.1 Å². The minimum absolute atomic E-state index is 0.155. The lowest BCUT2D eigenvalue weighted by Crippen LogP contribution is -2.37. The lowest BCUT2D eigenvalue weighted by molar-refractivity contribution is -0.402. The van der Waals surface area contributed by atoms with E-state index in [1.165, 1.54) is 12.3 Å². The first-order valence-corrected chi connectivity index (χ1v) is 16.8. The fourth-order valence-corrected chi connectivity index (χ4v) is 8.77. The van der Waals surface area contributed by atoms with Crippen LogP contribution in [0.2, 0.25) is 0 Å². The molecule has 2 aromatic rings. The summed E-state index contributed by atoms with van der Waals surface area (Å²) in [5.41, 5.74) is 0.352. The second-order valence-corrected chi connectivity index (χ2v) is 14.9. The van der Waals surface area contributed by atoms with E-state index in [0.29, 0.717) is 30.2 Å². The van der Waals surface area contributed by atoms with Crippen molar-refractivity contribution < 1.29 is 32.5 Å². The van der Waals surface area contributed by atoms with Crippen molar-refractivity contribution in [2.75, 3.05) is 0 Å². The van der Waals surface area contributed by atoms with Gasteiger partial charge in [-0.05, 0) is 73.3 Å². The van der Waals surface area contributed by atoms with E-state index in [0.717, 1.165) is 31.7 Å². The van der Waals surface area contributed by atoms with Crippen LogP contribution >= 0.6 is 7.60 Å². The summed E-state index contributed by atoms with van der Waals surface area (Å²) in [5, 5.41) is 11.2. The normalized spacial score (nSPS) is 28.8. The molecule has 42 heavy (non-hydrogen) atoms. The summed E-state index contributed by atoms with van der Waals surface area (Å²) in [5.74, 6) is -1.78. The number of nitrogens with zero attached hydrogens (tertiary/aromatic N) is 2. The molecule has 2 heterocycles. The van der Waals surface area contributed by atoms with Gasteiger partial charge in [0.1, 0.15) is 4.92 Å².